The van der Waals surface area contributed by atoms with E-state index in [2.05, 4.69) is 0 Å². The highest BCUT2D eigenvalue weighted by Crippen LogP contribution is 2.42. The van der Waals surface area contributed by atoms with Crippen LogP contribution in [0.15, 0.2) is 76.0 Å². The summed E-state index contributed by atoms with van der Waals surface area (Å²) in [6.45, 7) is 1.43. The largest absolute Gasteiger partial charge is 0.494 e. The lowest BCUT2D eigenvalue weighted by Crippen LogP contribution is -2.40. The van der Waals surface area contributed by atoms with E-state index in [1.807, 2.05) is 11.4 Å². The molecule has 1 atom stereocenters. The first kappa shape index (κ1) is 29.0. The Morgan fingerprint density at radius 3 is 2.45 bits per heavy atom. The van der Waals surface area contributed by atoms with Crippen LogP contribution >= 0.6 is 34.5 Å². The monoisotopic (exact) mass is 646 g/mol. The molecule has 1 saturated heterocycles. The highest BCUT2D eigenvalue weighted by atomic mass is 35.5. The Morgan fingerprint density at radius 1 is 1.02 bits per heavy atom. The maximum atomic E-state index is 14.6. The Bertz CT molecular complexity index is 1760. The molecule has 3 aromatic carbocycles. The van der Waals surface area contributed by atoms with Crippen LogP contribution in [-0.2, 0) is 14.8 Å². The van der Waals surface area contributed by atoms with Gasteiger partial charge in [-0.3, -0.25) is 0 Å². The molecule has 0 radical (unpaired) electrons. The molecular weight excluding hydrogens is 622 g/mol. The fourth-order valence-corrected chi connectivity index (χ4v) is 7.73. The predicted octanol–water partition coefficient (Wildman–Crippen LogP) is 6.64. The van der Waals surface area contributed by atoms with E-state index in [0.29, 0.717) is 64.9 Å². The molecule has 2 aliphatic rings. The van der Waals surface area contributed by atoms with Crippen LogP contribution in [0, 0.1) is 5.82 Å². The number of halogens is 3. The zero-order chi connectivity index (χ0) is 29.4. The second kappa shape index (κ2) is 11.9. The van der Waals surface area contributed by atoms with E-state index in [-0.39, 0.29) is 16.7 Å². The minimum atomic E-state index is -3.60. The number of methoxy groups -OCH3 is 1. The van der Waals surface area contributed by atoms with Gasteiger partial charge >= 0.3 is 0 Å². The van der Waals surface area contributed by atoms with E-state index in [1.54, 1.807) is 53.5 Å². The number of rotatable bonds is 7. The summed E-state index contributed by atoms with van der Waals surface area (Å²) in [6.07, 6.45) is 0.454. The molecule has 42 heavy (non-hydrogen) atoms. The van der Waals surface area contributed by atoms with Gasteiger partial charge in [0.1, 0.15) is 0 Å². The Hall–Kier alpha value is -3.06. The van der Waals surface area contributed by atoms with Gasteiger partial charge in [0.25, 0.3) is 0 Å². The Kier molecular flexibility index (Phi) is 8.23. The van der Waals surface area contributed by atoms with Gasteiger partial charge in [0, 0.05) is 46.1 Å². The third kappa shape index (κ3) is 5.64. The minimum absolute atomic E-state index is 0.153. The van der Waals surface area contributed by atoms with Crippen molar-refractivity contribution >= 4 is 55.4 Å². The molecule has 1 aromatic heterocycles. The number of hydrogen-bond acceptors (Lipinski definition) is 8. The fraction of sp³-hybridized carbons (Fsp3) is 0.241. The second-order valence-electron chi connectivity index (χ2n) is 9.68. The van der Waals surface area contributed by atoms with Crippen LogP contribution in [0.2, 0.25) is 10.0 Å². The van der Waals surface area contributed by atoms with Gasteiger partial charge in [-0.05, 0) is 48.0 Å². The summed E-state index contributed by atoms with van der Waals surface area (Å²) in [5, 5.41) is 10.1. The summed E-state index contributed by atoms with van der Waals surface area (Å²) in [5.74, 6) is -0.326. The Balaban J connectivity index is 1.32. The highest BCUT2D eigenvalue weighted by Gasteiger charge is 2.33. The van der Waals surface area contributed by atoms with Crippen molar-refractivity contribution in [2.45, 2.75) is 17.4 Å². The van der Waals surface area contributed by atoms with Gasteiger partial charge < -0.3 is 9.47 Å². The van der Waals surface area contributed by atoms with Crippen molar-refractivity contribution in [1.29, 1.82) is 0 Å². The first-order valence-corrected chi connectivity index (χ1v) is 16.1. The van der Waals surface area contributed by atoms with Crippen molar-refractivity contribution in [2.24, 2.45) is 5.10 Å². The van der Waals surface area contributed by atoms with Gasteiger partial charge in [0.2, 0.25) is 15.2 Å². The molecule has 0 aliphatic carbocycles. The molecule has 3 heterocycles. The number of hydrogen-bond donors (Lipinski definition) is 0. The molecular formula is C29H25Cl2FN4O4S2. The van der Waals surface area contributed by atoms with Crippen LogP contribution in [-0.4, -0.2) is 56.8 Å². The van der Waals surface area contributed by atoms with E-state index in [9.17, 15) is 12.8 Å². The van der Waals surface area contributed by atoms with Gasteiger partial charge in [0.05, 0.1) is 42.7 Å². The van der Waals surface area contributed by atoms with E-state index < -0.39 is 15.8 Å². The quantitative estimate of drug-likeness (QED) is 0.224. The van der Waals surface area contributed by atoms with Crippen molar-refractivity contribution in [3.8, 4) is 17.0 Å². The minimum Gasteiger partial charge on any atom is -0.494 e. The average Bonchev–Trinajstić information content (AvgIpc) is 3.66. The Morgan fingerprint density at radius 2 is 1.76 bits per heavy atom. The molecule has 0 N–H and O–H groups in total. The molecule has 0 saturated carbocycles. The lowest BCUT2D eigenvalue weighted by Gasteiger charge is -2.26. The number of ether oxygens (including phenoxy) is 2. The SMILES string of the molecule is COc1ccc(C2=NN(c3nc(-c4ccc(S(=O)(=O)N5CCOCC5)cc4)cs3)C(c3ccc(Cl)cc3Cl)C2)cc1F. The molecule has 6 rings (SSSR count). The lowest BCUT2D eigenvalue weighted by molar-refractivity contribution is 0.0730. The highest BCUT2D eigenvalue weighted by molar-refractivity contribution is 7.89. The average molecular weight is 648 g/mol. The van der Waals surface area contributed by atoms with Crippen molar-refractivity contribution in [3.05, 3.63) is 93.0 Å². The zero-order valence-electron chi connectivity index (χ0n) is 22.3. The number of benzene rings is 3. The summed E-state index contributed by atoms with van der Waals surface area (Å²) in [7, 11) is -2.18. The molecule has 4 aromatic rings. The van der Waals surface area contributed by atoms with Crippen LogP contribution < -0.4 is 9.75 Å². The topological polar surface area (TPSA) is 84.3 Å². The number of aromatic nitrogens is 1. The summed E-state index contributed by atoms with van der Waals surface area (Å²) in [5.41, 5.74) is 3.54. The first-order chi connectivity index (χ1) is 20.2. The number of anilines is 1. The molecule has 218 valence electrons. The summed E-state index contributed by atoms with van der Waals surface area (Å²) in [6, 6.07) is 16.4. The number of nitrogens with zero attached hydrogens (tertiary/aromatic N) is 4. The van der Waals surface area contributed by atoms with E-state index in [0.717, 1.165) is 11.1 Å². The first-order valence-electron chi connectivity index (χ1n) is 13.0. The molecule has 0 spiro atoms. The molecule has 13 heteroatoms. The number of morpholine rings is 1. The van der Waals surface area contributed by atoms with Crippen LogP contribution in [0.5, 0.6) is 5.75 Å². The van der Waals surface area contributed by atoms with Gasteiger partial charge in [-0.2, -0.15) is 9.41 Å². The Labute approximate surface area is 257 Å². The third-order valence-electron chi connectivity index (χ3n) is 7.16. The van der Waals surface area contributed by atoms with Gasteiger partial charge in [-0.25, -0.2) is 22.8 Å². The standard InChI is InChI=1S/C29H25Cl2FN4O4S2/c1-39-28-9-4-19(14-24(28)32)25-16-27(22-8-5-20(30)15-23(22)31)36(34-25)29-33-26(17-41-29)18-2-6-21(7-3-18)42(37,38)35-10-12-40-13-11-35/h2-9,14-15,17,27H,10-13,16H2,1H3. The number of hydrazone groups is 1. The predicted molar refractivity (Wildman–Crippen MR) is 163 cm³/mol. The second-order valence-corrected chi connectivity index (χ2v) is 13.3. The molecule has 0 amide bonds. The van der Waals surface area contributed by atoms with Crippen molar-refractivity contribution in [3.63, 3.8) is 0 Å². The van der Waals surface area contributed by atoms with Gasteiger partial charge in [0.15, 0.2) is 11.6 Å². The van der Waals surface area contributed by atoms with E-state index in [4.69, 9.17) is 42.8 Å². The maximum Gasteiger partial charge on any atom is 0.243 e. The van der Waals surface area contributed by atoms with Gasteiger partial charge in [-0.1, -0.05) is 41.4 Å². The molecule has 2 aliphatic heterocycles. The molecule has 0 bridgehead atoms. The zero-order valence-corrected chi connectivity index (χ0v) is 25.5. The van der Waals surface area contributed by atoms with E-state index in [1.165, 1.54) is 28.8 Å². The summed E-state index contributed by atoms with van der Waals surface area (Å²) in [4.78, 5) is 5.06. The smallest absolute Gasteiger partial charge is 0.243 e. The number of thiazole rings is 1. The summed E-state index contributed by atoms with van der Waals surface area (Å²) < 4.78 is 52.4. The fourth-order valence-electron chi connectivity index (χ4n) is 4.96. The number of sulfonamides is 1. The van der Waals surface area contributed by atoms with E-state index >= 15 is 0 Å². The van der Waals surface area contributed by atoms with Gasteiger partial charge in [-0.15, -0.1) is 11.3 Å². The third-order valence-corrected chi connectivity index (χ3v) is 10.5. The van der Waals surface area contributed by atoms with Crippen molar-refractivity contribution < 1.29 is 22.3 Å². The van der Waals surface area contributed by atoms with Crippen LogP contribution in [0.1, 0.15) is 23.6 Å². The molecule has 8 nitrogen and oxygen atoms in total. The normalized spacial score (nSPS) is 17.9. The van der Waals surface area contributed by atoms with Crippen molar-refractivity contribution in [2.75, 3.05) is 38.4 Å². The van der Waals surface area contributed by atoms with Crippen molar-refractivity contribution in [1.82, 2.24) is 9.29 Å². The lowest BCUT2D eigenvalue weighted by atomic mass is 9.98. The van der Waals surface area contributed by atoms with Crippen LogP contribution in [0.25, 0.3) is 11.3 Å². The van der Waals surface area contributed by atoms with Crippen LogP contribution in [0.4, 0.5) is 9.52 Å². The molecule has 1 unspecified atom stereocenters. The maximum absolute atomic E-state index is 14.6. The van der Waals surface area contributed by atoms with Crippen LogP contribution in [0.3, 0.4) is 0 Å². The summed E-state index contributed by atoms with van der Waals surface area (Å²) >= 11 is 14.2. The molecule has 1 fully saturated rings.